The van der Waals surface area contributed by atoms with Crippen LogP contribution < -0.4 is 15.4 Å². The maximum Gasteiger partial charge on any atom is 0.235 e. The van der Waals surface area contributed by atoms with E-state index >= 15 is 0 Å². The third-order valence-electron chi connectivity index (χ3n) is 5.18. The van der Waals surface area contributed by atoms with Gasteiger partial charge in [0, 0.05) is 28.6 Å². The summed E-state index contributed by atoms with van der Waals surface area (Å²) in [6.45, 7) is 3.92. The van der Waals surface area contributed by atoms with Crippen LogP contribution in [0.2, 0.25) is 0 Å². The smallest absolute Gasteiger partial charge is 0.235 e. The highest BCUT2D eigenvalue weighted by Gasteiger charge is 2.10. The predicted molar refractivity (Wildman–Crippen MR) is 143 cm³/mol. The highest BCUT2D eigenvalue weighted by molar-refractivity contribution is 7.91. The number of carbonyl (C=O) groups excluding carboxylic acids is 1. The lowest BCUT2D eigenvalue weighted by atomic mass is 10.1. The largest absolute Gasteiger partial charge is 0.455 e. The molecule has 4 aromatic rings. The number of benzene rings is 2. The van der Waals surface area contributed by atoms with Crippen LogP contribution in [0, 0.1) is 25.7 Å². The quantitative estimate of drug-likeness (QED) is 0.357. The van der Waals surface area contributed by atoms with Crippen LogP contribution in [0.5, 0.6) is 11.5 Å². The van der Waals surface area contributed by atoms with Crippen LogP contribution in [0.15, 0.2) is 61.1 Å². The fourth-order valence-electron chi connectivity index (χ4n) is 3.43. The van der Waals surface area contributed by atoms with Crippen molar-refractivity contribution in [2.24, 2.45) is 0 Å². The number of rotatable bonds is 7. The number of fused-ring (bicyclic) bond motifs is 1. The summed E-state index contributed by atoms with van der Waals surface area (Å²) >= 11 is 0. The summed E-state index contributed by atoms with van der Waals surface area (Å²) in [5.74, 6) is 6.66. The summed E-state index contributed by atoms with van der Waals surface area (Å²) in [7, 11) is -3.38. The maximum atomic E-state index is 11.6. The molecule has 0 aliphatic rings. The number of aromatic nitrogens is 3. The number of pyridine rings is 1. The number of amides is 1. The van der Waals surface area contributed by atoms with E-state index in [1.54, 1.807) is 6.20 Å². The van der Waals surface area contributed by atoms with Crippen molar-refractivity contribution in [1.29, 1.82) is 0 Å². The molecule has 37 heavy (non-hydrogen) atoms. The molecule has 9 nitrogen and oxygen atoms in total. The first kappa shape index (κ1) is 25.6. The zero-order valence-corrected chi connectivity index (χ0v) is 21.4. The van der Waals surface area contributed by atoms with E-state index < -0.39 is 21.5 Å². The second kappa shape index (κ2) is 11.1. The SMILES string of the molecule is Cc1ccc(Oc2ccc(Nc3ncnc4ccc(C#CCNC(=O)CS(C)(=O)=O)cc34)cc2C)cn1. The number of hydrogen-bond acceptors (Lipinski definition) is 8. The van der Waals surface area contributed by atoms with Gasteiger partial charge in [-0.15, -0.1) is 0 Å². The van der Waals surface area contributed by atoms with E-state index in [9.17, 15) is 13.2 Å². The Kier molecular flexibility index (Phi) is 7.65. The molecule has 2 heterocycles. The van der Waals surface area contributed by atoms with Crippen LogP contribution in [0.1, 0.15) is 16.8 Å². The normalized spacial score (nSPS) is 10.9. The lowest BCUT2D eigenvalue weighted by Crippen LogP contribution is -2.30. The van der Waals surface area contributed by atoms with E-state index in [1.807, 2.05) is 62.4 Å². The number of aryl methyl sites for hydroxylation is 2. The molecule has 0 radical (unpaired) electrons. The molecule has 4 rings (SSSR count). The summed E-state index contributed by atoms with van der Waals surface area (Å²) in [5, 5.41) is 6.59. The van der Waals surface area contributed by atoms with Crippen molar-refractivity contribution < 1.29 is 17.9 Å². The molecule has 0 fully saturated rings. The standard InChI is InChI=1S/C27H25N5O4S/c1-18-13-21(8-11-25(18)36-22-9-6-19(2)29-15-22)32-27-23-14-20(7-10-24(23)30-17-31-27)5-4-12-28-26(33)16-37(3,34)35/h6-11,13-15,17H,12,16H2,1-3H3,(H,28,33)(H,30,31,32). The first-order chi connectivity index (χ1) is 17.7. The van der Waals surface area contributed by atoms with Crippen LogP contribution in [0.4, 0.5) is 11.5 Å². The molecule has 0 spiro atoms. The minimum atomic E-state index is -3.38. The molecule has 0 saturated carbocycles. The Bertz CT molecular complexity index is 1620. The zero-order valence-electron chi connectivity index (χ0n) is 20.6. The van der Waals surface area contributed by atoms with E-state index in [4.69, 9.17) is 4.74 Å². The van der Waals surface area contributed by atoms with Gasteiger partial charge in [0.15, 0.2) is 9.84 Å². The lowest BCUT2D eigenvalue weighted by Gasteiger charge is -2.12. The first-order valence-corrected chi connectivity index (χ1v) is 13.4. The van der Waals surface area contributed by atoms with Gasteiger partial charge in [-0.3, -0.25) is 9.78 Å². The van der Waals surface area contributed by atoms with Gasteiger partial charge in [-0.2, -0.15) is 0 Å². The van der Waals surface area contributed by atoms with Crippen molar-refractivity contribution in [2.75, 3.05) is 23.9 Å². The Morgan fingerprint density at radius 1 is 1.03 bits per heavy atom. The van der Waals surface area contributed by atoms with Crippen LogP contribution in [-0.2, 0) is 14.6 Å². The Balaban J connectivity index is 1.48. The van der Waals surface area contributed by atoms with Gasteiger partial charge < -0.3 is 15.4 Å². The van der Waals surface area contributed by atoms with Crippen LogP contribution in [0.25, 0.3) is 10.9 Å². The Labute approximate surface area is 215 Å². The predicted octanol–water partition coefficient (Wildman–Crippen LogP) is 3.69. The summed E-state index contributed by atoms with van der Waals surface area (Å²) < 4.78 is 28.3. The highest BCUT2D eigenvalue weighted by atomic mass is 32.2. The fourth-order valence-corrected chi connectivity index (χ4v) is 4.01. The summed E-state index contributed by atoms with van der Waals surface area (Å²) in [6, 6.07) is 15.1. The van der Waals surface area contributed by atoms with Crippen molar-refractivity contribution in [2.45, 2.75) is 13.8 Å². The van der Waals surface area contributed by atoms with Gasteiger partial charge in [0.05, 0.1) is 18.3 Å². The Morgan fingerprint density at radius 3 is 2.59 bits per heavy atom. The van der Waals surface area contributed by atoms with Crippen molar-refractivity contribution >= 4 is 38.2 Å². The molecule has 0 saturated heterocycles. The number of nitrogens with one attached hydrogen (secondary N) is 2. The van der Waals surface area contributed by atoms with E-state index in [2.05, 4.69) is 37.4 Å². The van der Waals surface area contributed by atoms with Crippen molar-refractivity contribution in [1.82, 2.24) is 20.3 Å². The van der Waals surface area contributed by atoms with E-state index in [0.29, 0.717) is 17.1 Å². The van der Waals surface area contributed by atoms with E-state index in [0.717, 1.165) is 39.9 Å². The van der Waals surface area contributed by atoms with Crippen LogP contribution in [0.3, 0.4) is 0 Å². The minimum absolute atomic E-state index is 0.0368. The lowest BCUT2D eigenvalue weighted by molar-refractivity contribution is -0.118. The molecule has 2 aromatic heterocycles. The molecule has 2 N–H and O–H groups in total. The summed E-state index contributed by atoms with van der Waals surface area (Å²) in [4.78, 5) is 24.6. The molecule has 0 unspecified atom stereocenters. The van der Waals surface area contributed by atoms with Gasteiger partial charge in [-0.1, -0.05) is 11.8 Å². The van der Waals surface area contributed by atoms with Crippen molar-refractivity contribution in [3.63, 3.8) is 0 Å². The number of anilines is 2. The zero-order chi connectivity index (χ0) is 26.4. The number of sulfone groups is 1. The molecule has 2 aromatic carbocycles. The topological polar surface area (TPSA) is 123 Å². The highest BCUT2D eigenvalue weighted by Crippen LogP contribution is 2.29. The summed E-state index contributed by atoms with van der Waals surface area (Å²) in [5.41, 5.74) is 4.14. The molecular weight excluding hydrogens is 490 g/mol. The van der Waals surface area contributed by atoms with Gasteiger partial charge in [-0.05, 0) is 67.9 Å². The second-order valence-electron chi connectivity index (χ2n) is 8.45. The van der Waals surface area contributed by atoms with Gasteiger partial charge in [0.2, 0.25) is 5.91 Å². The Hall–Kier alpha value is -4.49. The van der Waals surface area contributed by atoms with Gasteiger partial charge in [0.25, 0.3) is 0 Å². The summed E-state index contributed by atoms with van der Waals surface area (Å²) in [6.07, 6.45) is 4.19. The molecule has 0 aliphatic heterocycles. The number of hydrogen-bond donors (Lipinski definition) is 2. The third kappa shape index (κ3) is 7.25. The van der Waals surface area contributed by atoms with Crippen molar-refractivity contribution in [3.8, 4) is 23.3 Å². The maximum absolute atomic E-state index is 11.6. The molecule has 0 atom stereocenters. The number of ether oxygens (including phenoxy) is 1. The number of nitrogens with zero attached hydrogens (tertiary/aromatic N) is 3. The van der Waals surface area contributed by atoms with Gasteiger partial charge in [-0.25, -0.2) is 18.4 Å². The fraction of sp³-hybridized carbons (Fsp3) is 0.185. The van der Waals surface area contributed by atoms with E-state index in [-0.39, 0.29) is 6.54 Å². The van der Waals surface area contributed by atoms with Gasteiger partial charge in [0.1, 0.15) is 29.4 Å². The third-order valence-corrected chi connectivity index (χ3v) is 5.97. The number of carbonyl (C=O) groups is 1. The van der Waals surface area contributed by atoms with Gasteiger partial charge >= 0.3 is 0 Å². The molecule has 0 aliphatic carbocycles. The molecular formula is C27H25N5O4S. The van der Waals surface area contributed by atoms with Crippen molar-refractivity contribution in [3.05, 3.63) is 77.9 Å². The average Bonchev–Trinajstić information content (AvgIpc) is 2.84. The Morgan fingerprint density at radius 2 is 1.86 bits per heavy atom. The van der Waals surface area contributed by atoms with E-state index in [1.165, 1.54) is 6.33 Å². The van der Waals surface area contributed by atoms with Crippen LogP contribution in [-0.4, -0.2) is 47.8 Å². The molecule has 188 valence electrons. The van der Waals surface area contributed by atoms with Crippen LogP contribution >= 0.6 is 0 Å². The first-order valence-electron chi connectivity index (χ1n) is 11.3. The average molecular weight is 516 g/mol. The molecule has 1 amide bonds. The molecule has 0 bridgehead atoms. The molecule has 10 heteroatoms. The minimum Gasteiger partial charge on any atom is -0.455 e. The monoisotopic (exact) mass is 515 g/mol. The second-order valence-corrected chi connectivity index (χ2v) is 10.6.